The molecule has 1 saturated heterocycles. The predicted molar refractivity (Wildman–Crippen MR) is 115 cm³/mol. The molecule has 1 aliphatic carbocycles. The minimum absolute atomic E-state index is 0.0357. The van der Waals surface area contributed by atoms with E-state index in [1.807, 2.05) is 30.3 Å². The SMILES string of the molecule is O=C(NCCCC1CCCC(NC(=O)ON2C(=O)CCC2=O)CC1)OCc1ccccc1. The molecule has 0 radical (unpaired) electrons. The lowest BCUT2D eigenvalue weighted by atomic mass is 9.95. The van der Waals surface area contributed by atoms with Crippen molar-refractivity contribution in [3.8, 4) is 0 Å². The Morgan fingerprint density at radius 3 is 2.47 bits per heavy atom. The molecule has 2 atom stereocenters. The molecular formula is C23H31N3O6. The zero-order chi connectivity index (χ0) is 22.8. The van der Waals surface area contributed by atoms with Crippen LogP contribution in [0.15, 0.2) is 30.3 Å². The monoisotopic (exact) mass is 445 g/mol. The van der Waals surface area contributed by atoms with Crippen molar-refractivity contribution in [3.63, 3.8) is 0 Å². The Hall–Kier alpha value is -3.10. The van der Waals surface area contributed by atoms with Crippen LogP contribution in [0.25, 0.3) is 0 Å². The average Bonchev–Trinajstić information content (AvgIpc) is 2.97. The summed E-state index contributed by atoms with van der Waals surface area (Å²) in [6.07, 6.45) is 5.50. The number of carbonyl (C=O) groups excluding carboxylic acids is 4. The minimum atomic E-state index is -0.754. The van der Waals surface area contributed by atoms with Gasteiger partial charge in [0.15, 0.2) is 0 Å². The molecule has 1 aliphatic heterocycles. The summed E-state index contributed by atoms with van der Waals surface area (Å²) >= 11 is 0. The highest BCUT2D eigenvalue weighted by molar-refractivity contribution is 6.01. The van der Waals surface area contributed by atoms with Crippen LogP contribution in [-0.2, 0) is 25.8 Å². The molecule has 2 unspecified atom stereocenters. The Kier molecular flexibility index (Phi) is 8.89. The van der Waals surface area contributed by atoms with Crippen LogP contribution in [0.1, 0.15) is 63.4 Å². The summed E-state index contributed by atoms with van der Waals surface area (Å²) in [5.74, 6) is -0.436. The van der Waals surface area contributed by atoms with Crippen LogP contribution in [0.2, 0.25) is 0 Å². The van der Waals surface area contributed by atoms with Gasteiger partial charge in [-0.2, -0.15) is 0 Å². The first-order valence-corrected chi connectivity index (χ1v) is 11.3. The third kappa shape index (κ3) is 7.55. The van der Waals surface area contributed by atoms with Gasteiger partial charge in [0.05, 0.1) is 0 Å². The van der Waals surface area contributed by atoms with E-state index in [-0.39, 0.29) is 25.5 Å². The Balaban J connectivity index is 1.27. The van der Waals surface area contributed by atoms with Crippen molar-refractivity contribution in [2.75, 3.05) is 6.54 Å². The first kappa shape index (κ1) is 23.6. The number of alkyl carbamates (subject to hydrolysis) is 1. The third-order valence-corrected chi connectivity index (χ3v) is 5.86. The average molecular weight is 446 g/mol. The summed E-state index contributed by atoms with van der Waals surface area (Å²) in [5.41, 5.74) is 0.951. The second kappa shape index (κ2) is 12.1. The van der Waals surface area contributed by atoms with E-state index in [4.69, 9.17) is 9.57 Å². The number of rotatable bonds is 8. The van der Waals surface area contributed by atoms with Crippen molar-refractivity contribution in [3.05, 3.63) is 35.9 Å². The lowest BCUT2D eigenvalue weighted by molar-refractivity contribution is -0.171. The molecule has 174 valence electrons. The van der Waals surface area contributed by atoms with Crippen molar-refractivity contribution in [1.29, 1.82) is 0 Å². The standard InChI is InChI=1S/C23H31N3O6/c27-20-13-14-21(28)26(20)32-23(30)25-19-10-4-8-17(11-12-19)9-5-15-24-22(29)31-16-18-6-2-1-3-7-18/h1-3,6-7,17,19H,4-5,8-16H2,(H,24,29)(H,25,30). The zero-order valence-electron chi connectivity index (χ0n) is 18.2. The van der Waals surface area contributed by atoms with Crippen molar-refractivity contribution in [1.82, 2.24) is 15.7 Å². The Labute approximate surface area is 187 Å². The van der Waals surface area contributed by atoms with Crippen LogP contribution in [0, 0.1) is 5.92 Å². The fourth-order valence-corrected chi connectivity index (χ4v) is 4.10. The quantitative estimate of drug-likeness (QED) is 0.360. The molecule has 1 aromatic carbocycles. The maximum Gasteiger partial charge on any atom is 0.432 e. The van der Waals surface area contributed by atoms with E-state index in [9.17, 15) is 19.2 Å². The predicted octanol–water partition coefficient (Wildman–Crippen LogP) is 3.43. The van der Waals surface area contributed by atoms with Crippen LogP contribution < -0.4 is 10.6 Å². The highest BCUT2D eigenvalue weighted by atomic mass is 16.7. The normalized spacial score (nSPS) is 21.1. The molecular weight excluding hydrogens is 414 g/mol. The summed E-state index contributed by atoms with van der Waals surface area (Å²) in [6, 6.07) is 9.51. The molecule has 1 saturated carbocycles. The van der Waals surface area contributed by atoms with Crippen molar-refractivity contribution < 1.29 is 28.8 Å². The summed E-state index contributed by atoms with van der Waals surface area (Å²) < 4.78 is 5.20. The molecule has 1 heterocycles. The van der Waals surface area contributed by atoms with E-state index >= 15 is 0 Å². The number of hydrogen-bond acceptors (Lipinski definition) is 6. The van der Waals surface area contributed by atoms with Gasteiger partial charge in [0.25, 0.3) is 11.8 Å². The second-order valence-corrected chi connectivity index (χ2v) is 8.31. The van der Waals surface area contributed by atoms with Crippen LogP contribution in [0.3, 0.4) is 0 Å². The van der Waals surface area contributed by atoms with Gasteiger partial charge in [0, 0.05) is 25.4 Å². The van der Waals surface area contributed by atoms with Gasteiger partial charge < -0.3 is 20.2 Å². The molecule has 2 N–H and O–H groups in total. The van der Waals surface area contributed by atoms with Crippen LogP contribution >= 0.6 is 0 Å². The van der Waals surface area contributed by atoms with E-state index in [1.165, 1.54) is 0 Å². The lowest BCUT2D eigenvalue weighted by Gasteiger charge is -2.19. The van der Waals surface area contributed by atoms with Crippen molar-refractivity contribution >= 4 is 24.0 Å². The number of amides is 4. The van der Waals surface area contributed by atoms with Crippen LogP contribution in [0.5, 0.6) is 0 Å². The molecule has 2 aliphatic rings. The first-order valence-electron chi connectivity index (χ1n) is 11.3. The number of hydrogen-bond donors (Lipinski definition) is 2. The third-order valence-electron chi connectivity index (χ3n) is 5.86. The number of benzene rings is 1. The van der Waals surface area contributed by atoms with Gasteiger partial charge in [0.2, 0.25) is 0 Å². The van der Waals surface area contributed by atoms with Gasteiger partial charge in [-0.1, -0.05) is 43.2 Å². The van der Waals surface area contributed by atoms with Gasteiger partial charge in [-0.05, 0) is 43.6 Å². The maximum absolute atomic E-state index is 12.0. The lowest BCUT2D eigenvalue weighted by Crippen LogP contribution is -2.41. The molecule has 2 fully saturated rings. The van der Waals surface area contributed by atoms with E-state index in [0.29, 0.717) is 17.5 Å². The number of imide groups is 1. The van der Waals surface area contributed by atoms with Gasteiger partial charge in [-0.25, -0.2) is 9.59 Å². The topological polar surface area (TPSA) is 114 Å². The number of ether oxygens (including phenoxy) is 1. The molecule has 32 heavy (non-hydrogen) atoms. The van der Waals surface area contributed by atoms with Gasteiger partial charge >= 0.3 is 12.2 Å². The highest BCUT2D eigenvalue weighted by Gasteiger charge is 2.33. The number of hydroxylamine groups is 2. The van der Waals surface area contributed by atoms with E-state index in [2.05, 4.69) is 10.6 Å². The van der Waals surface area contributed by atoms with Crippen LogP contribution in [0.4, 0.5) is 9.59 Å². The number of carbonyl (C=O) groups is 4. The Morgan fingerprint density at radius 2 is 1.72 bits per heavy atom. The molecule has 0 bridgehead atoms. The van der Waals surface area contributed by atoms with Gasteiger partial charge in [-0.3, -0.25) is 9.59 Å². The molecule has 9 heteroatoms. The van der Waals surface area contributed by atoms with Crippen molar-refractivity contribution in [2.45, 2.75) is 70.4 Å². The molecule has 1 aromatic rings. The molecule has 4 amide bonds. The van der Waals surface area contributed by atoms with Crippen LogP contribution in [-0.4, -0.2) is 41.7 Å². The highest BCUT2D eigenvalue weighted by Crippen LogP contribution is 2.27. The smallest absolute Gasteiger partial charge is 0.432 e. The molecule has 0 aromatic heterocycles. The number of nitrogens with one attached hydrogen (secondary N) is 2. The maximum atomic E-state index is 12.0. The summed E-state index contributed by atoms with van der Waals surface area (Å²) in [4.78, 5) is 51.8. The van der Waals surface area contributed by atoms with E-state index in [1.54, 1.807) is 0 Å². The Morgan fingerprint density at radius 1 is 0.969 bits per heavy atom. The molecule has 9 nitrogen and oxygen atoms in total. The zero-order valence-corrected chi connectivity index (χ0v) is 18.2. The fourth-order valence-electron chi connectivity index (χ4n) is 4.10. The molecule has 0 spiro atoms. The molecule has 3 rings (SSSR count). The van der Waals surface area contributed by atoms with Crippen molar-refractivity contribution in [2.24, 2.45) is 5.92 Å². The largest absolute Gasteiger partial charge is 0.445 e. The van der Waals surface area contributed by atoms with Gasteiger partial charge in [0.1, 0.15) is 6.61 Å². The summed E-state index contributed by atoms with van der Waals surface area (Å²) in [5, 5.41) is 6.13. The number of nitrogens with zero attached hydrogens (tertiary/aromatic N) is 1. The first-order chi connectivity index (χ1) is 15.5. The van der Waals surface area contributed by atoms with Gasteiger partial charge in [-0.15, -0.1) is 5.06 Å². The minimum Gasteiger partial charge on any atom is -0.445 e. The van der Waals surface area contributed by atoms with E-state index in [0.717, 1.165) is 50.5 Å². The fraction of sp³-hybridized carbons (Fsp3) is 0.565. The second-order valence-electron chi connectivity index (χ2n) is 8.31. The summed E-state index contributed by atoms with van der Waals surface area (Å²) in [7, 11) is 0. The Bertz CT molecular complexity index is 784. The summed E-state index contributed by atoms with van der Waals surface area (Å²) in [6.45, 7) is 0.822. The van der Waals surface area contributed by atoms with E-state index < -0.39 is 24.0 Å².